The van der Waals surface area contributed by atoms with E-state index in [0.29, 0.717) is 54.0 Å². The second-order valence-corrected chi connectivity index (χ2v) is 10.1. The molecule has 1 fully saturated rings. The molecule has 12 heteroatoms. The van der Waals surface area contributed by atoms with E-state index in [1.807, 2.05) is 4.57 Å². The Morgan fingerprint density at radius 1 is 1.23 bits per heavy atom. The molecule has 5 rings (SSSR count). The van der Waals surface area contributed by atoms with Gasteiger partial charge in [0, 0.05) is 42.9 Å². The van der Waals surface area contributed by atoms with Crippen molar-refractivity contribution in [3.63, 3.8) is 0 Å². The first-order chi connectivity index (χ1) is 18.6. The van der Waals surface area contributed by atoms with E-state index in [0.717, 1.165) is 5.56 Å². The lowest BCUT2D eigenvalue weighted by atomic mass is 10.1. The number of aliphatic hydroxyl groups is 1. The second kappa shape index (κ2) is 10.4. The molecule has 0 spiro atoms. The number of amides is 1. The van der Waals surface area contributed by atoms with Crippen LogP contribution >= 0.6 is 0 Å². The van der Waals surface area contributed by atoms with Crippen molar-refractivity contribution in [3.8, 4) is 22.8 Å². The van der Waals surface area contributed by atoms with Gasteiger partial charge in [-0.05, 0) is 32.4 Å². The average molecular weight is 536 g/mol. The lowest BCUT2D eigenvalue weighted by Gasteiger charge is -2.17. The molecule has 1 unspecified atom stereocenters. The van der Waals surface area contributed by atoms with Crippen molar-refractivity contribution in [2.45, 2.75) is 51.4 Å². The van der Waals surface area contributed by atoms with Crippen LogP contribution in [-0.2, 0) is 17.9 Å². The highest BCUT2D eigenvalue weighted by Crippen LogP contribution is 2.32. The fourth-order valence-electron chi connectivity index (χ4n) is 4.52. The maximum Gasteiger partial charge on any atom is 0.220 e. The van der Waals surface area contributed by atoms with E-state index in [-0.39, 0.29) is 23.4 Å². The number of halogens is 1. The van der Waals surface area contributed by atoms with Crippen molar-refractivity contribution in [2.75, 3.05) is 14.2 Å². The zero-order valence-corrected chi connectivity index (χ0v) is 22.2. The van der Waals surface area contributed by atoms with Crippen LogP contribution in [0, 0.1) is 5.82 Å². The van der Waals surface area contributed by atoms with E-state index in [1.54, 1.807) is 49.3 Å². The lowest BCUT2D eigenvalue weighted by Crippen LogP contribution is -2.34. The molecule has 4 heterocycles. The van der Waals surface area contributed by atoms with Crippen molar-refractivity contribution in [2.24, 2.45) is 4.99 Å². The molecule has 0 bridgehead atoms. The molecule has 1 aliphatic heterocycles. The Morgan fingerprint density at radius 2 is 2.05 bits per heavy atom. The molecule has 204 valence electrons. The summed E-state index contributed by atoms with van der Waals surface area (Å²) in [7, 11) is 2.86. The molecule has 11 nitrogen and oxygen atoms in total. The number of carbonyl (C=O) groups excluding carboxylic acids is 1. The average Bonchev–Trinajstić information content (AvgIpc) is 3.53. The van der Waals surface area contributed by atoms with Crippen molar-refractivity contribution in [1.82, 2.24) is 29.6 Å². The molecule has 39 heavy (non-hydrogen) atoms. The normalized spacial score (nSPS) is 16.1. The van der Waals surface area contributed by atoms with Crippen LogP contribution in [0.3, 0.4) is 0 Å². The number of fused-ring (bicyclic) bond motifs is 1. The van der Waals surface area contributed by atoms with Crippen LogP contribution in [0.1, 0.15) is 26.7 Å². The predicted octanol–water partition coefficient (Wildman–Crippen LogP) is 2.73. The van der Waals surface area contributed by atoms with Crippen molar-refractivity contribution < 1.29 is 23.8 Å². The van der Waals surface area contributed by atoms with Crippen LogP contribution < -0.4 is 20.3 Å². The molecule has 1 amide bonds. The summed E-state index contributed by atoms with van der Waals surface area (Å²) in [6.07, 6.45) is 6.19. The van der Waals surface area contributed by atoms with Gasteiger partial charge in [0.2, 0.25) is 5.91 Å². The Balaban J connectivity index is 1.66. The zero-order valence-electron chi connectivity index (χ0n) is 22.2. The number of nitrogens with zero attached hydrogens (tertiary/aromatic N) is 6. The van der Waals surface area contributed by atoms with Crippen LogP contribution in [0.2, 0.25) is 0 Å². The zero-order chi connectivity index (χ0) is 27.7. The minimum atomic E-state index is -0.929. The topological polar surface area (TPSA) is 129 Å². The van der Waals surface area contributed by atoms with Crippen LogP contribution in [0.15, 0.2) is 47.8 Å². The number of hydrogen-bond acceptors (Lipinski definition) is 8. The van der Waals surface area contributed by atoms with Crippen LogP contribution in [-0.4, -0.2) is 61.2 Å². The quantitative estimate of drug-likeness (QED) is 0.355. The van der Waals surface area contributed by atoms with Gasteiger partial charge in [-0.25, -0.2) is 14.4 Å². The van der Waals surface area contributed by atoms with Crippen molar-refractivity contribution >= 4 is 22.8 Å². The van der Waals surface area contributed by atoms with Crippen LogP contribution in [0.5, 0.6) is 11.5 Å². The Kier molecular flexibility index (Phi) is 7.04. The predicted molar refractivity (Wildman–Crippen MR) is 141 cm³/mol. The third kappa shape index (κ3) is 5.75. The summed E-state index contributed by atoms with van der Waals surface area (Å²) in [5, 5.41) is 17.5. The summed E-state index contributed by atoms with van der Waals surface area (Å²) in [6.45, 7) is 4.09. The van der Waals surface area contributed by atoms with E-state index >= 15 is 4.39 Å². The van der Waals surface area contributed by atoms with E-state index in [9.17, 15) is 9.90 Å². The summed E-state index contributed by atoms with van der Waals surface area (Å²) in [5.74, 6) is -0.242. The number of carbonyl (C=O) groups is 1. The number of benzene rings is 1. The molecule has 0 aliphatic carbocycles. The Hall–Kier alpha value is -4.32. The molecule has 1 aromatic carbocycles. The van der Waals surface area contributed by atoms with E-state index < -0.39 is 11.4 Å². The molecule has 1 atom stereocenters. The van der Waals surface area contributed by atoms with Gasteiger partial charge in [-0.3, -0.25) is 14.5 Å². The monoisotopic (exact) mass is 535 g/mol. The summed E-state index contributed by atoms with van der Waals surface area (Å²) < 4.78 is 29.1. The van der Waals surface area contributed by atoms with Gasteiger partial charge in [-0.15, -0.1) is 0 Å². The van der Waals surface area contributed by atoms with Crippen molar-refractivity contribution in [1.29, 1.82) is 0 Å². The van der Waals surface area contributed by atoms with Gasteiger partial charge in [-0.2, -0.15) is 5.10 Å². The molecule has 2 N–H and O–H groups in total. The van der Waals surface area contributed by atoms with Gasteiger partial charge < -0.3 is 24.5 Å². The highest BCUT2D eigenvalue weighted by atomic mass is 19.1. The van der Waals surface area contributed by atoms with E-state index in [1.165, 1.54) is 26.4 Å². The van der Waals surface area contributed by atoms with Crippen molar-refractivity contribution in [3.05, 3.63) is 54.2 Å². The molecule has 0 radical (unpaired) electrons. The third-order valence-corrected chi connectivity index (χ3v) is 6.35. The Bertz CT molecular complexity index is 1610. The smallest absolute Gasteiger partial charge is 0.220 e. The number of rotatable bonds is 8. The molecule has 0 saturated carbocycles. The summed E-state index contributed by atoms with van der Waals surface area (Å²) in [5.41, 5.74) is 1.94. The number of hydrogen-bond donors (Lipinski definition) is 2. The van der Waals surface area contributed by atoms with Gasteiger partial charge in [-0.1, -0.05) is 0 Å². The largest absolute Gasteiger partial charge is 0.497 e. The fraction of sp³-hybridized carbons (Fsp3) is 0.370. The number of ether oxygens (including phenoxy) is 2. The number of methoxy groups -OCH3 is 2. The summed E-state index contributed by atoms with van der Waals surface area (Å²) in [6, 6.07) is 6.30. The maximum atomic E-state index is 15.2. The fourth-order valence-corrected chi connectivity index (χ4v) is 4.52. The number of nitrogens with one attached hydrogen (secondary N) is 1. The highest BCUT2D eigenvalue weighted by Gasteiger charge is 2.23. The third-order valence-electron chi connectivity index (χ3n) is 6.35. The highest BCUT2D eigenvalue weighted by molar-refractivity contribution is 5.78. The van der Waals surface area contributed by atoms with Gasteiger partial charge in [0.25, 0.3) is 0 Å². The Morgan fingerprint density at radius 3 is 2.74 bits per heavy atom. The maximum absolute atomic E-state index is 15.2. The molecular formula is C27H30FN7O4. The van der Waals surface area contributed by atoms with Gasteiger partial charge in [0.15, 0.2) is 17.2 Å². The van der Waals surface area contributed by atoms with Crippen LogP contribution in [0.25, 0.3) is 22.4 Å². The van der Waals surface area contributed by atoms with E-state index in [4.69, 9.17) is 14.5 Å². The first kappa shape index (κ1) is 26.3. The van der Waals surface area contributed by atoms with Gasteiger partial charge >= 0.3 is 0 Å². The van der Waals surface area contributed by atoms with Gasteiger partial charge in [0.1, 0.15) is 22.4 Å². The van der Waals surface area contributed by atoms with E-state index in [2.05, 4.69) is 20.4 Å². The first-order valence-corrected chi connectivity index (χ1v) is 12.5. The second-order valence-electron chi connectivity index (χ2n) is 10.1. The SMILES string of the molecule is COc1cc(/N=c2\ccc3ncc(-c4cnn(CC(C)(C)O)c4)nc3n2CC2CCC(=O)N2)c(F)c(OC)c1. The molecule has 3 aromatic heterocycles. The first-order valence-electron chi connectivity index (χ1n) is 12.5. The standard InChI is InChI=1S/C27H30FN7O4/c1-27(2,37)15-34-13-16(11-30-34)21-12-29-19-6-7-23(32-20-9-18(38-3)10-22(39-4)25(20)28)35(26(19)33-21)14-17-5-8-24(36)31-17/h6-7,9-13,17,37H,5,8,14-15H2,1-4H3,(H,31,36)/b32-23+. The lowest BCUT2D eigenvalue weighted by molar-refractivity contribution is -0.119. The summed E-state index contributed by atoms with van der Waals surface area (Å²) in [4.78, 5) is 26.0. The molecule has 1 saturated heterocycles. The van der Waals surface area contributed by atoms with Gasteiger partial charge in [0.05, 0.1) is 44.5 Å². The molecular weight excluding hydrogens is 505 g/mol. The number of pyridine rings is 1. The molecule has 1 aliphatic rings. The van der Waals surface area contributed by atoms with Crippen LogP contribution in [0.4, 0.5) is 10.1 Å². The Labute approximate surface area is 224 Å². The number of aromatic nitrogens is 5. The molecule has 4 aromatic rings. The minimum absolute atomic E-state index is 0.00800. The summed E-state index contributed by atoms with van der Waals surface area (Å²) >= 11 is 0. The minimum Gasteiger partial charge on any atom is -0.497 e.